The zero-order chi connectivity index (χ0) is 21.1. The lowest BCUT2D eigenvalue weighted by Gasteiger charge is -2.32. The molecule has 1 aliphatic heterocycles. The van der Waals surface area contributed by atoms with E-state index < -0.39 is 0 Å². The molecule has 0 spiro atoms. The Labute approximate surface area is 173 Å². The number of carbonyl (C=O) groups is 1. The zero-order valence-corrected chi connectivity index (χ0v) is 16.6. The van der Waals surface area contributed by atoms with Gasteiger partial charge in [0.1, 0.15) is 11.6 Å². The predicted molar refractivity (Wildman–Crippen MR) is 112 cm³/mol. The third kappa shape index (κ3) is 4.45. The van der Waals surface area contributed by atoms with Crippen molar-refractivity contribution < 1.29 is 13.6 Å². The second kappa shape index (κ2) is 8.57. The van der Waals surface area contributed by atoms with Crippen molar-refractivity contribution in [2.24, 2.45) is 5.92 Å². The number of hydrogen-bond donors (Lipinski definition) is 1. The van der Waals surface area contributed by atoms with Gasteiger partial charge in [0, 0.05) is 24.3 Å². The molecule has 4 rings (SSSR count). The summed E-state index contributed by atoms with van der Waals surface area (Å²) in [6, 6.07) is 14.5. The second-order valence-electron chi connectivity index (χ2n) is 7.52. The average Bonchev–Trinajstić information content (AvgIpc) is 2.77. The molecule has 30 heavy (non-hydrogen) atoms. The maximum Gasteiger partial charge on any atom is 0.229 e. The maximum absolute atomic E-state index is 13.7. The van der Waals surface area contributed by atoms with Gasteiger partial charge in [-0.25, -0.2) is 8.78 Å². The fraction of sp³-hybridized carbons (Fsp3) is 0.261. The van der Waals surface area contributed by atoms with Crippen molar-refractivity contribution in [2.45, 2.75) is 19.8 Å². The van der Waals surface area contributed by atoms with Crippen LogP contribution in [-0.4, -0.2) is 29.2 Å². The van der Waals surface area contributed by atoms with Crippen LogP contribution in [0.1, 0.15) is 18.4 Å². The molecule has 3 aromatic rings. The number of piperidine rings is 1. The van der Waals surface area contributed by atoms with Crippen molar-refractivity contribution in [3.05, 3.63) is 71.8 Å². The highest BCUT2D eigenvalue weighted by Crippen LogP contribution is 2.25. The summed E-state index contributed by atoms with van der Waals surface area (Å²) in [6.45, 7) is 2.99. The Morgan fingerprint density at radius 2 is 1.87 bits per heavy atom. The topological polar surface area (TPSA) is 58.1 Å². The molecule has 1 N–H and O–H groups in total. The smallest absolute Gasteiger partial charge is 0.229 e. The van der Waals surface area contributed by atoms with Crippen LogP contribution in [0, 0.1) is 24.5 Å². The maximum atomic E-state index is 13.7. The third-order valence-electron chi connectivity index (χ3n) is 5.35. The fourth-order valence-corrected chi connectivity index (χ4v) is 3.58. The van der Waals surface area contributed by atoms with Gasteiger partial charge in [-0.05, 0) is 73.9 Å². The Bertz CT molecular complexity index is 1040. The SMILES string of the molecule is Cc1ccc(NC(=O)C2CCCN(c3ccc(-c4ccc(F)cc4)nn3)C2)cc1F. The molecule has 1 unspecified atom stereocenters. The minimum absolute atomic E-state index is 0.126. The molecule has 5 nitrogen and oxygen atoms in total. The number of aromatic nitrogens is 2. The van der Waals surface area contributed by atoms with Crippen molar-refractivity contribution in [1.82, 2.24) is 10.2 Å². The summed E-state index contributed by atoms with van der Waals surface area (Å²) in [6.07, 6.45) is 1.61. The normalized spacial score (nSPS) is 16.4. The van der Waals surface area contributed by atoms with Gasteiger partial charge >= 0.3 is 0 Å². The summed E-state index contributed by atoms with van der Waals surface area (Å²) in [7, 11) is 0. The van der Waals surface area contributed by atoms with Gasteiger partial charge in [0.25, 0.3) is 0 Å². The van der Waals surface area contributed by atoms with E-state index in [1.807, 2.05) is 17.0 Å². The monoisotopic (exact) mass is 408 g/mol. The molecule has 0 bridgehead atoms. The van der Waals surface area contributed by atoms with Crippen LogP contribution >= 0.6 is 0 Å². The Balaban J connectivity index is 1.42. The summed E-state index contributed by atoms with van der Waals surface area (Å²) in [5.74, 6) is -0.288. The molecular formula is C23H22F2N4O. The summed E-state index contributed by atoms with van der Waals surface area (Å²) >= 11 is 0. The summed E-state index contributed by atoms with van der Waals surface area (Å²) in [5.41, 5.74) is 2.45. The lowest BCUT2D eigenvalue weighted by atomic mass is 9.97. The standard InChI is InChI=1S/C23H22F2N4O/c1-15-4-9-19(13-20(15)25)26-23(30)17-3-2-12-29(14-17)22-11-10-21(27-28-22)16-5-7-18(24)8-6-16/h4-11,13,17H,2-3,12,14H2,1H3,(H,26,30). The molecule has 1 aromatic heterocycles. The molecule has 1 fully saturated rings. The van der Waals surface area contributed by atoms with Gasteiger partial charge in [0.2, 0.25) is 5.91 Å². The van der Waals surface area contributed by atoms with E-state index in [1.54, 1.807) is 31.2 Å². The average molecular weight is 408 g/mol. The van der Waals surface area contributed by atoms with E-state index in [1.165, 1.54) is 18.2 Å². The lowest BCUT2D eigenvalue weighted by Crippen LogP contribution is -2.41. The zero-order valence-electron chi connectivity index (χ0n) is 16.6. The van der Waals surface area contributed by atoms with Crippen LogP contribution in [0.15, 0.2) is 54.6 Å². The Morgan fingerprint density at radius 1 is 1.07 bits per heavy atom. The molecule has 154 valence electrons. The van der Waals surface area contributed by atoms with Crippen LogP contribution in [0.4, 0.5) is 20.3 Å². The van der Waals surface area contributed by atoms with Gasteiger partial charge in [0.05, 0.1) is 11.6 Å². The third-order valence-corrected chi connectivity index (χ3v) is 5.35. The number of aryl methyl sites for hydroxylation is 1. The van der Waals surface area contributed by atoms with Crippen molar-refractivity contribution in [2.75, 3.05) is 23.3 Å². The first-order chi connectivity index (χ1) is 14.5. The van der Waals surface area contributed by atoms with E-state index in [-0.39, 0.29) is 23.5 Å². The van der Waals surface area contributed by atoms with Crippen LogP contribution in [0.5, 0.6) is 0 Å². The summed E-state index contributed by atoms with van der Waals surface area (Å²) in [5, 5.41) is 11.4. The molecule has 2 heterocycles. The Morgan fingerprint density at radius 3 is 2.57 bits per heavy atom. The molecule has 1 saturated heterocycles. The van der Waals surface area contributed by atoms with E-state index in [2.05, 4.69) is 15.5 Å². The minimum Gasteiger partial charge on any atom is -0.354 e. The second-order valence-corrected chi connectivity index (χ2v) is 7.52. The van der Waals surface area contributed by atoms with Gasteiger partial charge in [-0.2, -0.15) is 0 Å². The van der Waals surface area contributed by atoms with Crippen molar-refractivity contribution in [3.8, 4) is 11.3 Å². The molecule has 0 radical (unpaired) electrons. The number of rotatable bonds is 4. The van der Waals surface area contributed by atoms with Gasteiger partial charge < -0.3 is 10.2 Å². The van der Waals surface area contributed by atoms with E-state index in [4.69, 9.17) is 0 Å². The van der Waals surface area contributed by atoms with E-state index >= 15 is 0 Å². The summed E-state index contributed by atoms with van der Waals surface area (Å²) in [4.78, 5) is 14.7. The molecular weight excluding hydrogens is 386 g/mol. The van der Waals surface area contributed by atoms with Gasteiger partial charge in [-0.1, -0.05) is 6.07 Å². The van der Waals surface area contributed by atoms with Crippen LogP contribution < -0.4 is 10.2 Å². The van der Waals surface area contributed by atoms with Crippen LogP contribution in [0.2, 0.25) is 0 Å². The number of amides is 1. The van der Waals surface area contributed by atoms with E-state index in [0.717, 1.165) is 24.9 Å². The summed E-state index contributed by atoms with van der Waals surface area (Å²) < 4.78 is 26.8. The number of anilines is 2. The largest absolute Gasteiger partial charge is 0.354 e. The lowest BCUT2D eigenvalue weighted by molar-refractivity contribution is -0.120. The molecule has 0 aliphatic carbocycles. The number of nitrogens with zero attached hydrogens (tertiary/aromatic N) is 3. The highest BCUT2D eigenvalue weighted by atomic mass is 19.1. The predicted octanol–water partition coefficient (Wildman–Crippen LogP) is 4.59. The minimum atomic E-state index is -0.338. The fourth-order valence-electron chi connectivity index (χ4n) is 3.58. The van der Waals surface area contributed by atoms with Crippen molar-refractivity contribution >= 4 is 17.4 Å². The van der Waals surface area contributed by atoms with Gasteiger partial charge in [-0.3, -0.25) is 4.79 Å². The highest BCUT2D eigenvalue weighted by molar-refractivity contribution is 5.93. The number of carbonyl (C=O) groups excluding carboxylic acids is 1. The van der Waals surface area contributed by atoms with Crippen LogP contribution in [0.3, 0.4) is 0 Å². The van der Waals surface area contributed by atoms with E-state index in [0.29, 0.717) is 29.3 Å². The first kappa shape index (κ1) is 19.9. The number of halogens is 2. The van der Waals surface area contributed by atoms with Gasteiger partial charge in [-0.15, -0.1) is 10.2 Å². The molecule has 0 saturated carbocycles. The highest BCUT2D eigenvalue weighted by Gasteiger charge is 2.27. The number of nitrogens with one attached hydrogen (secondary N) is 1. The molecule has 7 heteroatoms. The van der Waals surface area contributed by atoms with Crippen LogP contribution in [-0.2, 0) is 4.79 Å². The quantitative estimate of drug-likeness (QED) is 0.686. The number of benzene rings is 2. The first-order valence-corrected chi connectivity index (χ1v) is 9.91. The van der Waals surface area contributed by atoms with E-state index in [9.17, 15) is 13.6 Å². The van der Waals surface area contributed by atoms with Crippen molar-refractivity contribution in [1.29, 1.82) is 0 Å². The van der Waals surface area contributed by atoms with Gasteiger partial charge in [0.15, 0.2) is 5.82 Å². The first-order valence-electron chi connectivity index (χ1n) is 9.91. The molecule has 1 amide bonds. The van der Waals surface area contributed by atoms with Crippen LogP contribution in [0.25, 0.3) is 11.3 Å². The van der Waals surface area contributed by atoms with Crippen molar-refractivity contribution in [3.63, 3.8) is 0 Å². The molecule has 2 aromatic carbocycles. The Kier molecular flexibility index (Phi) is 5.70. The Hall–Kier alpha value is -3.35. The number of hydrogen-bond acceptors (Lipinski definition) is 4. The molecule has 1 aliphatic rings. The molecule has 1 atom stereocenters.